The van der Waals surface area contributed by atoms with Crippen molar-refractivity contribution in [2.75, 3.05) is 12.9 Å². The van der Waals surface area contributed by atoms with Gasteiger partial charge in [0.25, 0.3) is 0 Å². The van der Waals surface area contributed by atoms with Crippen LogP contribution in [0.4, 0.5) is 0 Å². The monoisotopic (exact) mass is 410 g/mol. The topological polar surface area (TPSA) is 75.1 Å². The molecule has 0 aliphatic heterocycles. The first kappa shape index (κ1) is 19.3. The van der Waals surface area contributed by atoms with Crippen LogP contribution in [0, 0.1) is 0 Å². The predicted octanol–water partition coefficient (Wildman–Crippen LogP) is 4.06. The first-order chi connectivity index (χ1) is 14.2. The largest absolute Gasteiger partial charge is 0.496 e. The zero-order chi connectivity index (χ0) is 20.2. The molecule has 0 fully saturated rings. The highest BCUT2D eigenvalue weighted by molar-refractivity contribution is 7.99. The predicted molar refractivity (Wildman–Crippen MR) is 113 cm³/mol. The molecule has 0 spiro atoms. The molecule has 29 heavy (non-hydrogen) atoms. The summed E-state index contributed by atoms with van der Waals surface area (Å²) in [5.74, 6) is 2.07. The number of methoxy groups -OCH3 is 1. The van der Waals surface area contributed by atoms with Gasteiger partial charge in [-0.2, -0.15) is 0 Å². The van der Waals surface area contributed by atoms with E-state index in [0.29, 0.717) is 12.1 Å². The summed E-state index contributed by atoms with van der Waals surface area (Å²) in [7, 11) is 1.66. The van der Waals surface area contributed by atoms with Gasteiger partial charge in [0.15, 0.2) is 16.6 Å². The maximum Gasteiger partial charge on any atom is 0.419 e. The first-order valence-electron chi connectivity index (χ1n) is 9.50. The van der Waals surface area contributed by atoms with Gasteiger partial charge in [-0.1, -0.05) is 36.0 Å². The lowest BCUT2D eigenvalue weighted by atomic mass is 10.2. The molecule has 2 aromatic carbocycles. The van der Waals surface area contributed by atoms with Gasteiger partial charge >= 0.3 is 5.76 Å². The van der Waals surface area contributed by atoms with Crippen molar-refractivity contribution in [2.24, 2.45) is 0 Å². The van der Waals surface area contributed by atoms with Crippen molar-refractivity contribution >= 4 is 22.9 Å². The van der Waals surface area contributed by atoms with Crippen LogP contribution in [0.15, 0.2) is 62.9 Å². The Morgan fingerprint density at radius 1 is 1.07 bits per heavy atom. The van der Waals surface area contributed by atoms with Gasteiger partial charge in [-0.15, -0.1) is 10.2 Å². The number of para-hydroxylation sites is 3. The molecular weight excluding hydrogens is 388 g/mol. The number of aromatic nitrogens is 4. The van der Waals surface area contributed by atoms with E-state index in [2.05, 4.69) is 21.7 Å². The lowest BCUT2D eigenvalue weighted by Crippen LogP contribution is -2.14. The van der Waals surface area contributed by atoms with E-state index in [0.717, 1.165) is 46.5 Å². The summed E-state index contributed by atoms with van der Waals surface area (Å²) in [5, 5.41) is 9.62. The molecular formula is C21H22N4O3S. The highest BCUT2D eigenvalue weighted by atomic mass is 32.2. The van der Waals surface area contributed by atoms with Gasteiger partial charge < -0.3 is 13.7 Å². The van der Waals surface area contributed by atoms with Crippen LogP contribution >= 0.6 is 11.8 Å². The summed E-state index contributed by atoms with van der Waals surface area (Å²) in [6.07, 6.45) is 0.814. The summed E-state index contributed by atoms with van der Waals surface area (Å²) in [6, 6.07) is 15.3. The second-order valence-electron chi connectivity index (χ2n) is 6.44. The molecule has 0 aliphatic rings. The molecule has 0 amide bonds. The number of hydrogen-bond donors (Lipinski definition) is 0. The summed E-state index contributed by atoms with van der Waals surface area (Å²) < 4.78 is 14.5. The average Bonchev–Trinajstić information content (AvgIpc) is 3.31. The van der Waals surface area contributed by atoms with Crippen molar-refractivity contribution < 1.29 is 9.15 Å². The third-order valence-corrected chi connectivity index (χ3v) is 5.76. The quantitative estimate of drug-likeness (QED) is 0.322. The standard InChI is InChI=1S/C21H22N4O3S/c1-3-24-19(15-9-4-6-11-17(15)27-2)22-23-20(24)29-14-8-13-25-16-10-5-7-12-18(16)28-21(25)26/h4-7,9-12H,3,8,13-14H2,1-2H3. The fraction of sp³-hybridized carbons (Fsp3) is 0.286. The van der Waals surface area contributed by atoms with E-state index in [1.165, 1.54) is 0 Å². The number of benzene rings is 2. The van der Waals surface area contributed by atoms with Crippen molar-refractivity contribution in [3.8, 4) is 17.1 Å². The minimum absolute atomic E-state index is 0.314. The van der Waals surface area contributed by atoms with Crippen molar-refractivity contribution in [1.29, 1.82) is 0 Å². The number of nitrogens with zero attached hydrogens (tertiary/aromatic N) is 4. The van der Waals surface area contributed by atoms with Gasteiger partial charge in [0, 0.05) is 18.8 Å². The molecule has 0 N–H and O–H groups in total. The Labute approximate surface area is 172 Å². The van der Waals surface area contributed by atoms with Crippen molar-refractivity contribution in [1.82, 2.24) is 19.3 Å². The second-order valence-corrected chi connectivity index (χ2v) is 7.50. The summed E-state index contributed by atoms with van der Waals surface area (Å²) >= 11 is 1.64. The number of fused-ring (bicyclic) bond motifs is 1. The molecule has 0 atom stereocenters. The fourth-order valence-corrected chi connectivity index (χ4v) is 4.25. The fourth-order valence-electron chi connectivity index (χ4n) is 3.32. The van der Waals surface area contributed by atoms with E-state index in [1.54, 1.807) is 23.4 Å². The van der Waals surface area contributed by atoms with E-state index in [4.69, 9.17) is 9.15 Å². The van der Waals surface area contributed by atoms with E-state index in [9.17, 15) is 4.79 Å². The van der Waals surface area contributed by atoms with Crippen LogP contribution in [0.25, 0.3) is 22.5 Å². The van der Waals surface area contributed by atoms with Gasteiger partial charge in [-0.25, -0.2) is 4.79 Å². The molecule has 0 unspecified atom stereocenters. The van der Waals surface area contributed by atoms with E-state index >= 15 is 0 Å². The summed E-state index contributed by atoms with van der Waals surface area (Å²) in [4.78, 5) is 12.1. The van der Waals surface area contributed by atoms with Crippen LogP contribution in [0.3, 0.4) is 0 Å². The normalized spacial score (nSPS) is 11.2. The zero-order valence-corrected chi connectivity index (χ0v) is 17.2. The third-order valence-electron chi connectivity index (χ3n) is 4.71. The van der Waals surface area contributed by atoms with Gasteiger partial charge in [0.1, 0.15) is 5.75 Å². The molecule has 2 aromatic heterocycles. The zero-order valence-electron chi connectivity index (χ0n) is 16.4. The minimum atomic E-state index is -0.314. The van der Waals surface area contributed by atoms with Crippen LogP contribution in [0.2, 0.25) is 0 Å². The highest BCUT2D eigenvalue weighted by Crippen LogP contribution is 2.31. The second kappa shape index (κ2) is 8.57. The lowest BCUT2D eigenvalue weighted by molar-refractivity contribution is 0.416. The number of aryl methyl sites for hydroxylation is 1. The molecule has 4 rings (SSSR count). The molecule has 4 aromatic rings. The van der Waals surface area contributed by atoms with Crippen LogP contribution in [0.1, 0.15) is 13.3 Å². The van der Waals surface area contributed by atoms with E-state index in [-0.39, 0.29) is 5.76 Å². The molecule has 8 heteroatoms. The number of hydrogen-bond acceptors (Lipinski definition) is 6. The SMILES string of the molecule is CCn1c(SCCCn2c(=O)oc3ccccc32)nnc1-c1ccccc1OC. The molecule has 0 saturated heterocycles. The Morgan fingerprint density at radius 3 is 2.69 bits per heavy atom. The molecule has 0 bridgehead atoms. The smallest absolute Gasteiger partial charge is 0.419 e. The average molecular weight is 410 g/mol. The van der Waals surface area contributed by atoms with Crippen molar-refractivity contribution in [3.05, 3.63) is 59.1 Å². The third kappa shape index (κ3) is 3.80. The Hall–Kier alpha value is -3.00. The summed E-state index contributed by atoms with van der Waals surface area (Å²) in [5.41, 5.74) is 2.38. The number of thioether (sulfide) groups is 1. The van der Waals surface area contributed by atoms with Crippen molar-refractivity contribution in [2.45, 2.75) is 31.6 Å². The van der Waals surface area contributed by atoms with Crippen molar-refractivity contribution in [3.63, 3.8) is 0 Å². The molecule has 2 heterocycles. The summed E-state index contributed by atoms with van der Waals surface area (Å²) in [6.45, 7) is 3.43. The molecule has 0 saturated carbocycles. The van der Waals surface area contributed by atoms with E-state index in [1.807, 2.05) is 48.5 Å². The maximum absolute atomic E-state index is 12.1. The Bertz CT molecular complexity index is 1180. The Balaban J connectivity index is 1.46. The van der Waals surface area contributed by atoms with Crippen LogP contribution in [0.5, 0.6) is 5.75 Å². The maximum atomic E-state index is 12.1. The van der Waals surface area contributed by atoms with Gasteiger partial charge in [0.2, 0.25) is 0 Å². The van der Waals surface area contributed by atoms with Crippen LogP contribution < -0.4 is 10.5 Å². The van der Waals surface area contributed by atoms with Crippen LogP contribution in [-0.4, -0.2) is 32.2 Å². The molecule has 0 radical (unpaired) electrons. The molecule has 7 nitrogen and oxygen atoms in total. The van der Waals surface area contributed by atoms with Gasteiger partial charge in [-0.05, 0) is 37.6 Å². The number of ether oxygens (including phenoxy) is 1. The first-order valence-corrected chi connectivity index (χ1v) is 10.5. The van der Waals surface area contributed by atoms with E-state index < -0.39 is 0 Å². The Morgan fingerprint density at radius 2 is 1.86 bits per heavy atom. The van der Waals surface area contributed by atoms with Gasteiger partial charge in [-0.3, -0.25) is 4.57 Å². The van der Waals surface area contributed by atoms with Crippen LogP contribution in [-0.2, 0) is 13.1 Å². The molecule has 0 aliphatic carbocycles. The lowest BCUT2D eigenvalue weighted by Gasteiger charge is -2.10. The minimum Gasteiger partial charge on any atom is -0.496 e. The highest BCUT2D eigenvalue weighted by Gasteiger charge is 2.16. The number of rotatable bonds is 8. The number of oxazole rings is 1. The van der Waals surface area contributed by atoms with Gasteiger partial charge in [0.05, 0.1) is 18.2 Å². The Kier molecular flexibility index (Phi) is 5.71. The molecule has 150 valence electrons.